The van der Waals surface area contributed by atoms with Gasteiger partial charge in [-0.3, -0.25) is 0 Å². The normalized spacial score (nSPS) is 12.5. The van der Waals surface area contributed by atoms with Crippen LogP contribution < -0.4 is 10.1 Å². The first-order chi connectivity index (χ1) is 9.02. The lowest BCUT2D eigenvalue weighted by Gasteiger charge is -2.20. The molecule has 0 aliphatic heterocycles. The second-order valence-electron chi connectivity index (χ2n) is 5.35. The second kappa shape index (κ2) is 8.00. The van der Waals surface area contributed by atoms with Crippen molar-refractivity contribution in [3.63, 3.8) is 0 Å². The summed E-state index contributed by atoms with van der Waals surface area (Å²) >= 11 is 0. The molecule has 0 aliphatic rings. The zero-order valence-corrected chi connectivity index (χ0v) is 12.7. The molecule has 0 bridgehead atoms. The maximum absolute atomic E-state index is 5.76. The minimum absolute atomic E-state index is 0.211. The van der Waals surface area contributed by atoms with Crippen LogP contribution in [0.4, 0.5) is 0 Å². The molecule has 0 aromatic heterocycles. The van der Waals surface area contributed by atoms with E-state index in [1.807, 2.05) is 6.07 Å². The Bertz CT molecular complexity index is 398. The molecule has 1 rings (SSSR count). The molecular weight excluding hydrogens is 234 g/mol. The molecule has 106 valence electrons. The number of ether oxygens (including phenoxy) is 1. The van der Waals surface area contributed by atoms with E-state index in [2.05, 4.69) is 57.8 Å². The quantitative estimate of drug-likeness (QED) is 0.697. The number of allylic oxidation sites excluding steroid dienone is 1. The standard InChI is InChI=1S/C17H27NO/c1-6-18-17(11-10-13(2)3)15-8-7-9-16(12-15)19-14(4)5/h7-9,12,14,17-18H,2,6,10-11H2,1,3-5H3. The summed E-state index contributed by atoms with van der Waals surface area (Å²) in [6.45, 7) is 13.3. The van der Waals surface area contributed by atoms with Gasteiger partial charge in [0, 0.05) is 6.04 Å². The van der Waals surface area contributed by atoms with Gasteiger partial charge in [-0.15, -0.1) is 6.58 Å². The molecule has 1 N–H and O–H groups in total. The number of nitrogens with one attached hydrogen (secondary N) is 1. The van der Waals surface area contributed by atoms with Gasteiger partial charge < -0.3 is 10.1 Å². The maximum Gasteiger partial charge on any atom is 0.120 e. The average Bonchev–Trinajstić information content (AvgIpc) is 2.33. The highest BCUT2D eigenvalue weighted by atomic mass is 16.5. The fraction of sp³-hybridized carbons (Fsp3) is 0.529. The van der Waals surface area contributed by atoms with Crippen molar-refractivity contribution in [3.05, 3.63) is 42.0 Å². The summed E-state index contributed by atoms with van der Waals surface area (Å²) in [5.74, 6) is 0.950. The summed E-state index contributed by atoms with van der Waals surface area (Å²) in [6, 6.07) is 8.77. The number of hydrogen-bond acceptors (Lipinski definition) is 2. The summed E-state index contributed by atoms with van der Waals surface area (Å²) in [5.41, 5.74) is 2.53. The Morgan fingerprint density at radius 1 is 1.37 bits per heavy atom. The van der Waals surface area contributed by atoms with Crippen molar-refractivity contribution in [1.29, 1.82) is 0 Å². The van der Waals surface area contributed by atoms with Crippen molar-refractivity contribution in [2.24, 2.45) is 0 Å². The van der Waals surface area contributed by atoms with E-state index in [4.69, 9.17) is 4.74 Å². The van der Waals surface area contributed by atoms with E-state index in [1.165, 1.54) is 11.1 Å². The van der Waals surface area contributed by atoms with Gasteiger partial charge in [0.05, 0.1) is 6.10 Å². The van der Waals surface area contributed by atoms with Crippen LogP contribution in [0.1, 0.15) is 52.1 Å². The fourth-order valence-electron chi connectivity index (χ4n) is 2.10. The van der Waals surface area contributed by atoms with Crippen molar-refractivity contribution in [1.82, 2.24) is 5.32 Å². The molecule has 1 unspecified atom stereocenters. The van der Waals surface area contributed by atoms with Crippen molar-refractivity contribution in [2.75, 3.05) is 6.54 Å². The monoisotopic (exact) mass is 261 g/mol. The Hall–Kier alpha value is -1.28. The van der Waals surface area contributed by atoms with E-state index in [0.29, 0.717) is 6.04 Å². The Kier molecular flexibility index (Phi) is 6.65. The molecule has 0 aliphatic carbocycles. The minimum atomic E-state index is 0.211. The van der Waals surface area contributed by atoms with Gasteiger partial charge in [-0.25, -0.2) is 0 Å². The van der Waals surface area contributed by atoms with Crippen LogP contribution >= 0.6 is 0 Å². The minimum Gasteiger partial charge on any atom is -0.491 e. The summed E-state index contributed by atoms with van der Waals surface area (Å²) in [5, 5.41) is 3.54. The number of hydrogen-bond donors (Lipinski definition) is 1. The van der Waals surface area contributed by atoms with Gasteiger partial charge in [0.2, 0.25) is 0 Å². The Morgan fingerprint density at radius 2 is 2.11 bits per heavy atom. The van der Waals surface area contributed by atoms with E-state index in [1.54, 1.807) is 0 Å². The molecule has 0 saturated heterocycles. The number of benzene rings is 1. The molecule has 0 amide bonds. The molecule has 0 fully saturated rings. The van der Waals surface area contributed by atoms with Crippen LogP contribution in [0, 0.1) is 0 Å². The smallest absolute Gasteiger partial charge is 0.120 e. The SMILES string of the molecule is C=C(C)CCC(NCC)c1cccc(OC(C)C)c1. The zero-order valence-electron chi connectivity index (χ0n) is 12.7. The Labute approximate surface area is 117 Å². The molecule has 0 radical (unpaired) electrons. The lowest BCUT2D eigenvalue weighted by molar-refractivity contribution is 0.242. The van der Waals surface area contributed by atoms with E-state index < -0.39 is 0 Å². The first-order valence-corrected chi connectivity index (χ1v) is 7.17. The summed E-state index contributed by atoms with van der Waals surface area (Å²) in [7, 11) is 0. The van der Waals surface area contributed by atoms with Crippen LogP contribution in [0.15, 0.2) is 36.4 Å². The lowest BCUT2D eigenvalue weighted by Crippen LogP contribution is -2.21. The third kappa shape index (κ3) is 5.93. The fourth-order valence-corrected chi connectivity index (χ4v) is 2.10. The van der Waals surface area contributed by atoms with E-state index in [9.17, 15) is 0 Å². The lowest BCUT2D eigenvalue weighted by atomic mass is 9.99. The van der Waals surface area contributed by atoms with Crippen molar-refractivity contribution in [3.8, 4) is 5.75 Å². The molecule has 19 heavy (non-hydrogen) atoms. The van der Waals surface area contributed by atoms with Gasteiger partial charge in [-0.2, -0.15) is 0 Å². The topological polar surface area (TPSA) is 21.3 Å². The molecule has 1 aromatic carbocycles. The molecule has 0 heterocycles. The molecule has 1 atom stereocenters. The van der Waals surface area contributed by atoms with Gasteiger partial charge in [-0.1, -0.05) is 24.6 Å². The second-order valence-corrected chi connectivity index (χ2v) is 5.35. The van der Waals surface area contributed by atoms with Crippen LogP contribution in [-0.2, 0) is 0 Å². The highest BCUT2D eigenvalue weighted by molar-refractivity contribution is 5.31. The first-order valence-electron chi connectivity index (χ1n) is 7.17. The molecule has 1 aromatic rings. The third-order valence-electron chi connectivity index (χ3n) is 2.94. The van der Waals surface area contributed by atoms with Gasteiger partial charge in [-0.05, 0) is 57.9 Å². The van der Waals surface area contributed by atoms with Crippen LogP contribution in [0.5, 0.6) is 5.75 Å². The first kappa shape index (κ1) is 15.8. The molecule has 2 nitrogen and oxygen atoms in total. The summed E-state index contributed by atoms with van der Waals surface area (Å²) < 4.78 is 5.76. The summed E-state index contributed by atoms with van der Waals surface area (Å²) in [4.78, 5) is 0. The van der Waals surface area contributed by atoms with Crippen LogP contribution in [0.2, 0.25) is 0 Å². The van der Waals surface area contributed by atoms with Crippen molar-refractivity contribution in [2.45, 2.75) is 52.7 Å². The van der Waals surface area contributed by atoms with Gasteiger partial charge in [0.25, 0.3) is 0 Å². The third-order valence-corrected chi connectivity index (χ3v) is 2.94. The van der Waals surface area contributed by atoms with E-state index >= 15 is 0 Å². The predicted octanol–water partition coefficient (Wildman–Crippen LogP) is 4.48. The molecule has 2 heteroatoms. The maximum atomic E-state index is 5.76. The predicted molar refractivity (Wildman–Crippen MR) is 82.7 cm³/mol. The van der Waals surface area contributed by atoms with Crippen LogP contribution in [-0.4, -0.2) is 12.6 Å². The Balaban J connectivity index is 2.79. The van der Waals surface area contributed by atoms with Crippen LogP contribution in [0.25, 0.3) is 0 Å². The molecular formula is C17H27NO. The van der Waals surface area contributed by atoms with Crippen molar-refractivity contribution < 1.29 is 4.74 Å². The largest absolute Gasteiger partial charge is 0.491 e. The van der Waals surface area contributed by atoms with Gasteiger partial charge >= 0.3 is 0 Å². The van der Waals surface area contributed by atoms with E-state index in [-0.39, 0.29) is 6.10 Å². The summed E-state index contributed by atoms with van der Waals surface area (Å²) in [6.07, 6.45) is 2.34. The highest BCUT2D eigenvalue weighted by Gasteiger charge is 2.11. The zero-order chi connectivity index (χ0) is 14.3. The number of rotatable bonds is 8. The van der Waals surface area contributed by atoms with Crippen molar-refractivity contribution >= 4 is 0 Å². The molecule has 0 spiro atoms. The highest BCUT2D eigenvalue weighted by Crippen LogP contribution is 2.24. The van der Waals surface area contributed by atoms with Gasteiger partial charge in [0.1, 0.15) is 5.75 Å². The Morgan fingerprint density at radius 3 is 2.68 bits per heavy atom. The van der Waals surface area contributed by atoms with E-state index in [0.717, 1.165) is 25.1 Å². The van der Waals surface area contributed by atoms with Crippen LogP contribution in [0.3, 0.4) is 0 Å². The average molecular weight is 261 g/mol. The van der Waals surface area contributed by atoms with Gasteiger partial charge in [0.15, 0.2) is 0 Å². The molecule has 0 saturated carbocycles.